The van der Waals surface area contributed by atoms with Gasteiger partial charge in [0, 0.05) is 0 Å². The average Bonchev–Trinajstić information content (AvgIpc) is 2.64. The summed E-state index contributed by atoms with van der Waals surface area (Å²) in [6.45, 7) is 2.10. The zero-order valence-corrected chi connectivity index (χ0v) is 14.7. The summed E-state index contributed by atoms with van der Waals surface area (Å²) in [5.41, 5.74) is 16.3. The van der Waals surface area contributed by atoms with Gasteiger partial charge in [-0.05, 0) is 28.7 Å². The van der Waals surface area contributed by atoms with Gasteiger partial charge in [-0.15, -0.1) is 0 Å². The Labute approximate surface area is 150 Å². The van der Waals surface area contributed by atoms with Crippen LogP contribution in [0.15, 0.2) is 84.9 Å². The fourth-order valence-corrected chi connectivity index (χ4v) is 3.21. The largest absolute Gasteiger partial charge is 0.310 e. The van der Waals surface area contributed by atoms with Crippen LogP contribution >= 0.6 is 0 Å². The summed E-state index contributed by atoms with van der Waals surface area (Å²) in [6.07, 6.45) is 1.72. The summed E-state index contributed by atoms with van der Waals surface area (Å²) in [6, 6.07) is 29.3. The molecule has 0 saturated heterocycles. The number of rotatable bonds is 6. The van der Waals surface area contributed by atoms with Crippen molar-refractivity contribution >= 4 is 0 Å². The molecule has 4 N–H and O–H groups in total. The predicted octanol–water partition coefficient (Wildman–Crippen LogP) is 4.58. The van der Waals surface area contributed by atoms with Crippen molar-refractivity contribution in [2.75, 3.05) is 0 Å². The van der Waals surface area contributed by atoms with E-state index >= 15 is 0 Å². The van der Waals surface area contributed by atoms with Gasteiger partial charge in [-0.1, -0.05) is 98.3 Å². The number of benzene rings is 3. The summed E-state index contributed by atoms with van der Waals surface area (Å²) in [5.74, 6) is 1.21. The monoisotopic (exact) mass is 329 g/mol. The first-order valence-corrected chi connectivity index (χ1v) is 8.78. The first-order valence-electron chi connectivity index (χ1n) is 8.78. The second-order valence-corrected chi connectivity index (χ2v) is 6.47. The van der Waals surface area contributed by atoms with Crippen molar-refractivity contribution in [1.82, 2.24) is 0 Å². The van der Waals surface area contributed by atoms with Crippen LogP contribution in [0.3, 0.4) is 0 Å². The van der Waals surface area contributed by atoms with E-state index in [4.69, 9.17) is 11.5 Å². The lowest BCUT2D eigenvalue weighted by molar-refractivity contribution is 0.421. The zero-order chi connectivity index (χ0) is 17.7. The Balaban J connectivity index is 2.00. The molecule has 2 nitrogen and oxygen atoms in total. The Kier molecular flexibility index (Phi) is 5.32. The molecule has 0 aromatic heterocycles. The molecule has 127 valence electrons. The molecule has 0 spiro atoms. The Morgan fingerprint density at radius 3 is 1.56 bits per heavy atom. The molecule has 0 fully saturated rings. The van der Waals surface area contributed by atoms with Crippen LogP contribution < -0.4 is 11.5 Å². The van der Waals surface area contributed by atoms with Gasteiger partial charge >= 0.3 is 0 Å². The highest BCUT2D eigenvalue weighted by molar-refractivity contribution is 5.57. The van der Waals surface area contributed by atoms with Crippen LogP contribution in [0, 0.1) is 5.92 Å². The van der Waals surface area contributed by atoms with E-state index in [1.54, 1.807) is 0 Å². The van der Waals surface area contributed by atoms with Crippen molar-refractivity contribution in [2.45, 2.75) is 25.4 Å². The molecule has 0 saturated carbocycles. The molecule has 0 atom stereocenters. The molecule has 0 aliphatic rings. The lowest BCUT2D eigenvalue weighted by Crippen LogP contribution is -2.45. The van der Waals surface area contributed by atoms with E-state index in [0.717, 1.165) is 24.0 Å². The van der Waals surface area contributed by atoms with E-state index in [1.165, 1.54) is 17.0 Å². The molecule has 25 heavy (non-hydrogen) atoms. The van der Waals surface area contributed by atoms with Crippen LogP contribution in [0.1, 0.15) is 42.0 Å². The highest BCUT2D eigenvalue weighted by Crippen LogP contribution is 2.31. The normalized spacial score (nSPS) is 11.7. The fourth-order valence-electron chi connectivity index (χ4n) is 3.21. The lowest BCUT2D eigenvalue weighted by atomic mass is 9.84. The highest BCUT2D eigenvalue weighted by atomic mass is 14.9. The predicted molar refractivity (Wildman–Crippen MR) is 105 cm³/mol. The summed E-state index contributed by atoms with van der Waals surface area (Å²) >= 11 is 0. The Morgan fingerprint density at radius 1 is 0.680 bits per heavy atom. The van der Waals surface area contributed by atoms with Gasteiger partial charge in [0.1, 0.15) is 0 Å². The standard InChI is InChI=1S/C23H25N2/c1-2-17-23(24,25)21-15-13-20(14-16-21)22(18-9-5-3-6-10-18)19-11-7-4-8-12-19/h3-16H,2,17,24-25H2,1H3. The minimum Gasteiger partial charge on any atom is -0.310 e. The van der Waals surface area contributed by atoms with Crippen molar-refractivity contribution in [3.05, 3.63) is 113 Å². The van der Waals surface area contributed by atoms with E-state index in [-0.39, 0.29) is 0 Å². The van der Waals surface area contributed by atoms with Crippen molar-refractivity contribution in [1.29, 1.82) is 0 Å². The summed E-state index contributed by atoms with van der Waals surface area (Å²) < 4.78 is 0. The number of nitrogens with two attached hydrogens (primary N) is 2. The lowest BCUT2D eigenvalue weighted by Gasteiger charge is -2.25. The third-order valence-corrected chi connectivity index (χ3v) is 4.50. The average molecular weight is 329 g/mol. The molecule has 0 unspecified atom stereocenters. The Hall–Kier alpha value is -2.42. The summed E-state index contributed by atoms with van der Waals surface area (Å²) in [4.78, 5) is 0. The Morgan fingerprint density at radius 2 is 1.12 bits per heavy atom. The number of hydrogen-bond acceptors (Lipinski definition) is 2. The molecule has 3 rings (SSSR count). The minimum absolute atomic E-state index is 0.764. The molecule has 0 bridgehead atoms. The Bertz CT molecular complexity index is 738. The van der Waals surface area contributed by atoms with E-state index in [2.05, 4.69) is 79.7 Å². The van der Waals surface area contributed by atoms with Crippen LogP contribution in [0.2, 0.25) is 0 Å². The molecule has 0 amide bonds. The molecule has 0 heterocycles. The van der Waals surface area contributed by atoms with Crippen LogP contribution in [-0.2, 0) is 5.66 Å². The van der Waals surface area contributed by atoms with E-state index in [9.17, 15) is 0 Å². The van der Waals surface area contributed by atoms with Crippen molar-refractivity contribution in [2.24, 2.45) is 11.5 Å². The van der Waals surface area contributed by atoms with Gasteiger partial charge in [0.25, 0.3) is 0 Å². The maximum atomic E-state index is 6.27. The maximum Gasteiger partial charge on any atom is 0.0899 e. The fraction of sp³-hybridized carbons (Fsp3) is 0.174. The second-order valence-electron chi connectivity index (χ2n) is 6.47. The van der Waals surface area contributed by atoms with Gasteiger partial charge in [-0.3, -0.25) is 0 Å². The second kappa shape index (κ2) is 7.64. The van der Waals surface area contributed by atoms with Gasteiger partial charge in [0.2, 0.25) is 0 Å². The minimum atomic E-state index is -0.771. The maximum absolute atomic E-state index is 6.27. The van der Waals surface area contributed by atoms with Crippen molar-refractivity contribution < 1.29 is 0 Å². The molecular weight excluding hydrogens is 304 g/mol. The van der Waals surface area contributed by atoms with Gasteiger partial charge in [-0.25, -0.2) is 0 Å². The van der Waals surface area contributed by atoms with Crippen LogP contribution in [0.25, 0.3) is 0 Å². The van der Waals surface area contributed by atoms with Crippen molar-refractivity contribution in [3.63, 3.8) is 0 Å². The molecule has 0 aliphatic heterocycles. The van der Waals surface area contributed by atoms with E-state index < -0.39 is 5.66 Å². The van der Waals surface area contributed by atoms with Crippen LogP contribution in [0.4, 0.5) is 0 Å². The van der Waals surface area contributed by atoms with Gasteiger partial charge in [0.15, 0.2) is 0 Å². The van der Waals surface area contributed by atoms with Gasteiger partial charge in [0.05, 0.1) is 11.6 Å². The smallest absolute Gasteiger partial charge is 0.0899 e. The molecule has 3 aromatic rings. The quantitative estimate of drug-likeness (QED) is 0.514. The highest BCUT2D eigenvalue weighted by Gasteiger charge is 2.22. The summed E-state index contributed by atoms with van der Waals surface area (Å²) in [7, 11) is 0. The first kappa shape index (κ1) is 17.4. The third kappa shape index (κ3) is 3.98. The molecule has 3 aromatic carbocycles. The van der Waals surface area contributed by atoms with Crippen LogP contribution in [-0.4, -0.2) is 0 Å². The molecular formula is C23H25N2. The SMILES string of the molecule is CCCC(N)(N)c1ccc([C](c2ccccc2)c2ccccc2)cc1. The topological polar surface area (TPSA) is 52.0 Å². The zero-order valence-electron chi connectivity index (χ0n) is 14.7. The third-order valence-electron chi connectivity index (χ3n) is 4.50. The van der Waals surface area contributed by atoms with Gasteiger partial charge < -0.3 is 11.5 Å². The number of hydrogen-bond donors (Lipinski definition) is 2. The van der Waals surface area contributed by atoms with Crippen LogP contribution in [0.5, 0.6) is 0 Å². The molecule has 0 aliphatic carbocycles. The molecule has 1 radical (unpaired) electrons. The van der Waals surface area contributed by atoms with Crippen molar-refractivity contribution in [3.8, 4) is 0 Å². The molecule has 2 heteroatoms. The van der Waals surface area contributed by atoms with E-state index in [1.807, 2.05) is 12.1 Å². The van der Waals surface area contributed by atoms with E-state index in [0.29, 0.717) is 0 Å². The van der Waals surface area contributed by atoms with Gasteiger partial charge in [-0.2, -0.15) is 0 Å². The summed E-state index contributed by atoms with van der Waals surface area (Å²) in [5, 5.41) is 0. The first-order chi connectivity index (χ1) is 12.1.